The van der Waals surface area contributed by atoms with Gasteiger partial charge in [0.1, 0.15) is 23.3 Å². The van der Waals surface area contributed by atoms with Gasteiger partial charge in [-0.25, -0.2) is 0 Å². The van der Waals surface area contributed by atoms with Gasteiger partial charge in [-0.1, -0.05) is 36.4 Å². The fourth-order valence-corrected chi connectivity index (χ4v) is 3.20. The Balaban J connectivity index is 1.70. The van der Waals surface area contributed by atoms with E-state index in [1.54, 1.807) is 19.2 Å². The summed E-state index contributed by atoms with van der Waals surface area (Å²) in [7, 11) is 5.80. The lowest BCUT2D eigenvalue weighted by molar-refractivity contribution is -0.890. The van der Waals surface area contributed by atoms with Gasteiger partial charge in [0, 0.05) is 5.56 Å². The molecule has 150 valence electrons. The molecule has 0 heterocycles. The van der Waals surface area contributed by atoms with Gasteiger partial charge in [0.2, 0.25) is 0 Å². The normalized spacial score (nSPS) is 11.7. The van der Waals surface area contributed by atoms with Crippen molar-refractivity contribution in [2.75, 3.05) is 27.7 Å². The Morgan fingerprint density at radius 2 is 1.62 bits per heavy atom. The van der Waals surface area contributed by atoms with Crippen LogP contribution in [0.2, 0.25) is 0 Å². The first-order valence-corrected chi connectivity index (χ1v) is 9.62. The van der Waals surface area contributed by atoms with Crippen molar-refractivity contribution in [2.45, 2.75) is 6.04 Å². The van der Waals surface area contributed by atoms with Gasteiger partial charge in [-0.2, -0.15) is 0 Å². The Labute approximate surface area is 171 Å². The third kappa shape index (κ3) is 5.36. The highest BCUT2D eigenvalue weighted by molar-refractivity contribution is 5.94. The zero-order valence-electron chi connectivity index (χ0n) is 17.0. The van der Waals surface area contributed by atoms with Crippen LogP contribution < -0.4 is 19.7 Å². The number of rotatable bonds is 8. The number of hydrogen-bond donors (Lipinski definition) is 2. The molecule has 3 rings (SSSR count). The van der Waals surface area contributed by atoms with Crippen molar-refractivity contribution in [1.82, 2.24) is 5.32 Å². The summed E-state index contributed by atoms with van der Waals surface area (Å²) in [6, 6.07) is 24.7. The van der Waals surface area contributed by atoms with Crippen molar-refractivity contribution >= 4 is 5.91 Å². The van der Waals surface area contributed by atoms with Crippen LogP contribution in [0.1, 0.15) is 22.0 Å². The number of methoxy groups -OCH3 is 1. The molecule has 0 aliphatic rings. The van der Waals surface area contributed by atoms with E-state index >= 15 is 0 Å². The van der Waals surface area contributed by atoms with Crippen molar-refractivity contribution in [1.29, 1.82) is 0 Å². The summed E-state index contributed by atoms with van der Waals surface area (Å²) >= 11 is 0. The van der Waals surface area contributed by atoms with Gasteiger partial charge in [-0.3, -0.25) is 4.79 Å². The van der Waals surface area contributed by atoms with E-state index in [0.29, 0.717) is 17.9 Å². The Kier molecular flexibility index (Phi) is 6.87. The third-order valence-electron chi connectivity index (χ3n) is 4.75. The Bertz CT molecular complexity index is 942. The Hall–Kier alpha value is -3.31. The first-order chi connectivity index (χ1) is 14.1. The van der Waals surface area contributed by atoms with Crippen LogP contribution in [-0.4, -0.2) is 33.7 Å². The maximum atomic E-state index is 12.8. The largest absolute Gasteiger partial charge is 0.496 e. The highest BCUT2D eigenvalue weighted by Gasteiger charge is 2.22. The molecule has 0 aliphatic carbocycles. The number of nitrogens with one attached hydrogen (secondary N) is 2. The standard InChI is InChI=1S/C24H26N2O3/c1-26(2)22(21-14-7-8-15-23(21)28-3)17-25-24(27)18-10-9-13-20(16-18)29-19-11-5-4-6-12-19/h4-16,22H,17H2,1-3H3,(H,25,27)/p+1/t22-/m0/s1. The number of para-hydroxylation sites is 2. The lowest BCUT2D eigenvalue weighted by Crippen LogP contribution is -3.07. The van der Waals surface area contributed by atoms with E-state index in [1.807, 2.05) is 66.7 Å². The molecular weight excluding hydrogens is 364 g/mol. The van der Waals surface area contributed by atoms with E-state index in [0.717, 1.165) is 17.1 Å². The summed E-state index contributed by atoms with van der Waals surface area (Å²) < 4.78 is 11.3. The van der Waals surface area contributed by atoms with Gasteiger partial charge in [0.15, 0.2) is 0 Å². The number of amides is 1. The first kappa shape index (κ1) is 20.4. The second-order valence-corrected chi connectivity index (χ2v) is 7.02. The maximum Gasteiger partial charge on any atom is 0.251 e. The second kappa shape index (κ2) is 9.75. The molecule has 0 saturated heterocycles. The van der Waals surface area contributed by atoms with Crippen LogP contribution in [0, 0.1) is 0 Å². The second-order valence-electron chi connectivity index (χ2n) is 7.02. The summed E-state index contributed by atoms with van der Waals surface area (Å²) in [6.07, 6.45) is 0. The van der Waals surface area contributed by atoms with Gasteiger partial charge in [0.05, 0.1) is 33.3 Å². The molecule has 1 amide bonds. The quantitative estimate of drug-likeness (QED) is 0.620. The summed E-state index contributed by atoms with van der Waals surface area (Å²) in [4.78, 5) is 14.0. The predicted molar refractivity (Wildman–Crippen MR) is 114 cm³/mol. The van der Waals surface area contributed by atoms with Gasteiger partial charge < -0.3 is 19.7 Å². The van der Waals surface area contributed by atoms with E-state index in [9.17, 15) is 4.79 Å². The van der Waals surface area contributed by atoms with Crippen molar-refractivity contribution < 1.29 is 19.2 Å². The summed E-state index contributed by atoms with van der Waals surface area (Å²) in [5, 5.41) is 3.05. The zero-order chi connectivity index (χ0) is 20.6. The maximum absolute atomic E-state index is 12.8. The third-order valence-corrected chi connectivity index (χ3v) is 4.75. The lowest BCUT2D eigenvalue weighted by atomic mass is 10.0. The minimum atomic E-state index is -0.135. The number of carbonyl (C=O) groups is 1. The van der Waals surface area contributed by atoms with Crippen LogP contribution >= 0.6 is 0 Å². The molecule has 0 saturated carbocycles. The number of carbonyl (C=O) groups excluding carboxylic acids is 1. The first-order valence-electron chi connectivity index (χ1n) is 9.62. The molecule has 5 nitrogen and oxygen atoms in total. The molecule has 2 N–H and O–H groups in total. The molecule has 0 aliphatic heterocycles. The summed E-state index contributed by atoms with van der Waals surface area (Å²) in [5.41, 5.74) is 1.63. The molecule has 0 aromatic heterocycles. The highest BCUT2D eigenvalue weighted by Crippen LogP contribution is 2.23. The molecule has 0 fully saturated rings. The molecule has 0 spiro atoms. The highest BCUT2D eigenvalue weighted by atomic mass is 16.5. The zero-order valence-corrected chi connectivity index (χ0v) is 17.0. The van der Waals surface area contributed by atoms with Gasteiger partial charge in [0.25, 0.3) is 5.91 Å². The van der Waals surface area contributed by atoms with Crippen molar-refractivity contribution in [2.24, 2.45) is 0 Å². The molecule has 1 atom stereocenters. The van der Waals surface area contributed by atoms with Crippen LogP contribution in [-0.2, 0) is 0 Å². The van der Waals surface area contributed by atoms with Gasteiger partial charge >= 0.3 is 0 Å². The van der Waals surface area contributed by atoms with E-state index in [4.69, 9.17) is 9.47 Å². The van der Waals surface area contributed by atoms with E-state index in [-0.39, 0.29) is 11.9 Å². The minimum Gasteiger partial charge on any atom is -0.496 e. The fourth-order valence-electron chi connectivity index (χ4n) is 3.20. The minimum absolute atomic E-state index is 0.0684. The van der Waals surface area contributed by atoms with Crippen LogP contribution in [0.4, 0.5) is 0 Å². The van der Waals surface area contributed by atoms with Crippen molar-refractivity contribution in [3.63, 3.8) is 0 Å². The van der Waals surface area contributed by atoms with Crippen LogP contribution in [0.15, 0.2) is 78.9 Å². The average molecular weight is 391 g/mol. The average Bonchev–Trinajstić information content (AvgIpc) is 2.74. The molecule has 29 heavy (non-hydrogen) atoms. The molecule has 5 heteroatoms. The van der Waals surface area contributed by atoms with Crippen LogP contribution in [0.3, 0.4) is 0 Å². The van der Waals surface area contributed by atoms with Crippen LogP contribution in [0.5, 0.6) is 17.2 Å². The smallest absolute Gasteiger partial charge is 0.251 e. The van der Waals surface area contributed by atoms with Crippen molar-refractivity contribution in [3.8, 4) is 17.2 Å². The monoisotopic (exact) mass is 391 g/mol. The Morgan fingerprint density at radius 1 is 0.931 bits per heavy atom. The number of likely N-dealkylation sites (N-methyl/N-ethyl adjacent to an activating group) is 1. The molecule has 3 aromatic carbocycles. The summed E-state index contributed by atoms with van der Waals surface area (Å²) in [6.45, 7) is 0.491. The van der Waals surface area contributed by atoms with E-state index in [2.05, 4.69) is 19.4 Å². The fraction of sp³-hybridized carbons (Fsp3) is 0.208. The van der Waals surface area contributed by atoms with E-state index < -0.39 is 0 Å². The topological polar surface area (TPSA) is 52.0 Å². The molecular formula is C24H27N2O3+. The molecule has 3 aromatic rings. The number of ether oxygens (including phenoxy) is 2. The van der Waals surface area contributed by atoms with Crippen molar-refractivity contribution in [3.05, 3.63) is 90.0 Å². The number of benzene rings is 3. The number of quaternary nitrogens is 1. The molecule has 0 radical (unpaired) electrons. The molecule has 0 bridgehead atoms. The van der Waals surface area contributed by atoms with Gasteiger partial charge in [-0.15, -0.1) is 0 Å². The predicted octanol–water partition coefficient (Wildman–Crippen LogP) is 3.10. The van der Waals surface area contributed by atoms with Crippen LogP contribution in [0.25, 0.3) is 0 Å². The lowest BCUT2D eigenvalue weighted by Gasteiger charge is -2.23. The summed E-state index contributed by atoms with van der Waals surface area (Å²) in [5.74, 6) is 2.05. The number of hydrogen-bond acceptors (Lipinski definition) is 3. The van der Waals surface area contributed by atoms with Gasteiger partial charge in [-0.05, 0) is 42.5 Å². The SMILES string of the molecule is COc1ccccc1[C@H](CNC(=O)c1cccc(Oc2ccccc2)c1)[NH+](C)C. The molecule has 0 unspecified atom stereocenters. The Morgan fingerprint density at radius 3 is 2.34 bits per heavy atom. The van der Waals surface area contributed by atoms with E-state index in [1.165, 1.54) is 4.90 Å².